The third-order valence-corrected chi connectivity index (χ3v) is 4.40. The summed E-state index contributed by atoms with van der Waals surface area (Å²) in [5.41, 5.74) is 0.217. The van der Waals surface area contributed by atoms with Gasteiger partial charge in [-0.3, -0.25) is 0 Å². The van der Waals surface area contributed by atoms with Crippen molar-refractivity contribution in [2.24, 2.45) is 0 Å². The van der Waals surface area contributed by atoms with Gasteiger partial charge >= 0.3 is 18.2 Å². The number of rotatable bonds is 11. The number of ether oxygens (including phenoxy) is 5. The van der Waals surface area contributed by atoms with Gasteiger partial charge in [0.15, 0.2) is 11.5 Å². The standard InChI is InChI=1S/C23H22F2O7/c1-2-20(26)29-15-6-4-3-5-14-28-17-12-10-16(11-13-17)22(27)30-18-8-7-9-19-21(18)32-23(24,25)31-19/h2,7-13H,1,3-6,14-15H2. The Morgan fingerprint density at radius 1 is 0.969 bits per heavy atom. The minimum Gasteiger partial charge on any atom is -0.494 e. The fourth-order valence-corrected chi connectivity index (χ4v) is 2.85. The normalized spacial score (nSPS) is 13.3. The van der Waals surface area contributed by atoms with Crippen molar-refractivity contribution in [2.45, 2.75) is 32.0 Å². The van der Waals surface area contributed by atoms with Crippen LogP contribution in [0.3, 0.4) is 0 Å². The number of unbranched alkanes of at least 4 members (excludes halogenated alkanes) is 3. The van der Waals surface area contributed by atoms with Crippen LogP contribution in [0.1, 0.15) is 36.0 Å². The van der Waals surface area contributed by atoms with Gasteiger partial charge in [0.05, 0.1) is 18.8 Å². The highest BCUT2D eigenvalue weighted by molar-refractivity contribution is 5.91. The molecule has 9 heteroatoms. The first-order valence-electron chi connectivity index (χ1n) is 10.0. The molecule has 0 aromatic heterocycles. The average Bonchev–Trinajstić information content (AvgIpc) is 3.10. The Morgan fingerprint density at radius 2 is 1.69 bits per heavy atom. The smallest absolute Gasteiger partial charge is 0.494 e. The van der Waals surface area contributed by atoms with Crippen molar-refractivity contribution in [1.82, 2.24) is 0 Å². The maximum atomic E-state index is 13.2. The summed E-state index contributed by atoms with van der Waals surface area (Å²) in [5, 5.41) is 0. The first kappa shape index (κ1) is 23.1. The van der Waals surface area contributed by atoms with E-state index < -0.39 is 18.2 Å². The lowest BCUT2D eigenvalue weighted by molar-refractivity contribution is -0.287. The number of esters is 2. The van der Waals surface area contributed by atoms with E-state index in [-0.39, 0.29) is 22.8 Å². The molecule has 0 radical (unpaired) electrons. The van der Waals surface area contributed by atoms with Crippen LogP contribution in [-0.4, -0.2) is 31.4 Å². The molecule has 0 bridgehead atoms. The van der Waals surface area contributed by atoms with Gasteiger partial charge in [0.2, 0.25) is 5.75 Å². The van der Waals surface area contributed by atoms with E-state index in [1.807, 2.05) is 0 Å². The molecule has 170 valence electrons. The van der Waals surface area contributed by atoms with Crippen molar-refractivity contribution in [1.29, 1.82) is 0 Å². The van der Waals surface area contributed by atoms with Gasteiger partial charge in [0, 0.05) is 6.08 Å². The second-order valence-corrected chi connectivity index (χ2v) is 6.80. The fourth-order valence-electron chi connectivity index (χ4n) is 2.85. The van der Waals surface area contributed by atoms with Crippen molar-refractivity contribution in [3.8, 4) is 23.0 Å². The maximum absolute atomic E-state index is 13.2. The van der Waals surface area contributed by atoms with Gasteiger partial charge in [-0.25, -0.2) is 9.59 Å². The molecule has 7 nitrogen and oxygen atoms in total. The van der Waals surface area contributed by atoms with E-state index in [1.54, 1.807) is 12.1 Å². The number of carbonyl (C=O) groups is 2. The van der Waals surface area contributed by atoms with Gasteiger partial charge in [-0.15, -0.1) is 8.78 Å². The molecule has 0 saturated carbocycles. The number of alkyl halides is 2. The van der Waals surface area contributed by atoms with Gasteiger partial charge in [0.1, 0.15) is 5.75 Å². The fraction of sp³-hybridized carbons (Fsp3) is 0.304. The van der Waals surface area contributed by atoms with Crippen molar-refractivity contribution >= 4 is 11.9 Å². The summed E-state index contributed by atoms with van der Waals surface area (Å²) in [7, 11) is 0. The SMILES string of the molecule is C=CC(=O)OCCCCCCOc1ccc(C(=O)Oc2cccc3c2OC(F)(F)O3)cc1. The first-order valence-corrected chi connectivity index (χ1v) is 10.0. The number of para-hydroxylation sites is 1. The summed E-state index contributed by atoms with van der Waals surface area (Å²) in [6.45, 7) is 4.20. The molecule has 0 spiro atoms. The van der Waals surface area contributed by atoms with E-state index in [0.717, 1.165) is 31.8 Å². The minimum atomic E-state index is -3.80. The van der Waals surface area contributed by atoms with Crippen LogP contribution in [-0.2, 0) is 9.53 Å². The second-order valence-electron chi connectivity index (χ2n) is 6.80. The third-order valence-electron chi connectivity index (χ3n) is 4.40. The van der Waals surface area contributed by atoms with E-state index in [9.17, 15) is 18.4 Å². The third kappa shape index (κ3) is 6.44. The Bertz CT molecular complexity index is 957. The summed E-state index contributed by atoms with van der Waals surface area (Å²) >= 11 is 0. The van der Waals surface area contributed by atoms with E-state index in [0.29, 0.717) is 19.0 Å². The molecule has 0 atom stereocenters. The van der Waals surface area contributed by atoms with Gasteiger partial charge in [0.25, 0.3) is 0 Å². The predicted molar refractivity (Wildman–Crippen MR) is 109 cm³/mol. The zero-order valence-corrected chi connectivity index (χ0v) is 17.2. The minimum absolute atomic E-state index is 0.163. The van der Waals surface area contributed by atoms with E-state index >= 15 is 0 Å². The number of hydrogen-bond acceptors (Lipinski definition) is 7. The number of fused-ring (bicyclic) bond motifs is 1. The van der Waals surface area contributed by atoms with Crippen LogP contribution in [0.4, 0.5) is 8.78 Å². The summed E-state index contributed by atoms with van der Waals surface area (Å²) in [5.74, 6) is -1.27. The molecule has 1 heterocycles. The molecule has 1 aliphatic rings. The summed E-state index contributed by atoms with van der Waals surface area (Å²) in [4.78, 5) is 23.3. The zero-order chi connectivity index (χ0) is 23.0. The number of halogens is 2. The van der Waals surface area contributed by atoms with Crippen molar-refractivity contribution < 1.29 is 42.1 Å². The molecule has 2 aromatic rings. The van der Waals surface area contributed by atoms with Gasteiger partial charge in [-0.05, 0) is 62.1 Å². The quantitative estimate of drug-likeness (QED) is 0.209. The summed E-state index contributed by atoms with van der Waals surface area (Å²) < 4.78 is 51.0. The Kier molecular flexibility index (Phi) is 7.64. The van der Waals surface area contributed by atoms with Crippen LogP contribution in [0.2, 0.25) is 0 Å². The lowest BCUT2D eigenvalue weighted by Crippen LogP contribution is -2.26. The van der Waals surface area contributed by atoms with E-state index in [2.05, 4.69) is 16.1 Å². The van der Waals surface area contributed by atoms with Crippen LogP contribution < -0.4 is 18.9 Å². The molecule has 0 saturated heterocycles. The zero-order valence-electron chi connectivity index (χ0n) is 17.2. The van der Waals surface area contributed by atoms with Crippen LogP contribution in [0.25, 0.3) is 0 Å². The van der Waals surface area contributed by atoms with E-state index in [4.69, 9.17) is 14.2 Å². The number of benzene rings is 2. The molecule has 3 rings (SSSR count). The monoisotopic (exact) mass is 448 g/mol. The maximum Gasteiger partial charge on any atom is 0.586 e. The Morgan fingerprint density at radius 3 is 2.41 bits per heavy atom. The Balaban J connectivity index is 1.41. The number of carbonyl (C=O) groups excluding carboxylic acids is 2. The summed E-state index contributed by atoms with van der Waals surface area (Å²) in [6.07, 6.45) is 0.755. The first-order chi connectivity index (χ1) is 15.4. The molecular weight excluding hydrogens is 426 g/mol. The largest absolute Gasteiger partial charge is 0.586 e. The average molecular weight is 448 g/mol. The molecule has 0 unspecified atom stereocenters. The molecule has 0 N–H and O–H groups in total. The van der Waals surface area contributed by atoms with Crippen LogP contribution >= 0.6 is 0 Å². The second kappa shape index (κ2) is 10.6. The van der Waals surface area contributed by atoms with Crippen LogP contribution in [0, 0.1) is 0 Å². The lowest BCUT2D eigenvalue weighted by atomic mass is 10.2. The molecule has 2 aromatic carbocycles. The highest BCUT2D eigenvalue weighted by atomic mass is 19.3. The number of hydrogen-bond donors (Lipinski definition) is 0. The topological polar surface area (TPSA) is 80.3 Å². The Labute approximate surface area is 183 Å². The lowest BCUT2D eigenvalue weighted by Gasteiger charge is -2.09. The molecular formula is C23H22F2O7. The van der Waals surface area contributed by atoms with Crippen LogP contribution in [0.5, 0.6) is 23.0 Å². The van der Waals surface area contributed by atoms with Crippen molar-refractivity contribution in [3.05, 3.63) is 60.7 Å². The van der Waals surface area contributed by atoms with Crippen LogP contribution in [0.15, 0.2) is 55.1 Å². The highest BCUT2D eigenvalue weighted by Crippen LogP contribution is 2.47. The molecule has 0 fully saturated rings. The molecule has 0 amide bonds. The Hall–Kier alpha value is -3.62. The van der Waals surface area contributed by atoms with Crippen molar-refractivity contribution in [2.75, 3.05) is 13.2 Å². The van der Waals surface area contributed by atoms with Gasteiger partial charge in [-0.2, -0.15) is 0 Å². The van der Waals surface area contributed by atoms with E-state index in [1.165, 1.54) is 30.3 Å². The molecule has 32 heavy (non-hydrogen) atoms. The highest BCUT2D eigenvalue weighted by Gasteiger charge is 2.45. The molecule has 0 aliphatic carbocycles. The van der Waals surface area contributed by atoms with Crippen molar-refractivity contribution in [3.63, 3.8) is 0 Å². The predicted octanol–water partition coefficient (Wildman–Crippen LogP) is 4.90. The van der Waals surface area contributed by atoms with Gasteiger partial charge in [-0.1, -0.05) is 12.6 Å². The van der Waals surface area contributed by atoms with Gasteiger partial charge < -0.3 is 23.7 Å². The summed E-state index contributed by atoms with van der Waals surface area (Å²) in [6, 6.07) is 10.3. The molecule has 1 aliphatic heterocycles.